The maximum atomic E-state index is 13.1. The molecule has 9 nitrogen and oxygen atoms in total. The lowest BCUT2D eigenvalue weighted by molar-refractivity contribution is -0.136. The average molecular weight is 484 g/mol. The molecule has 1 aromatic heterocycles. The van der Waals surface area contributed by atoms with Crippen LogP contribution in [0.25, 0.3) is 11.0 Å². The first-order valence-corrected chi connectivity index (χ1v) is 12.9. The number of aromatic nitrogens is 2. The predicted molar refractivity (Wildman–Crippen MR) is 134 cm³/mol. The second-order valence-corrected chi connectivity index (χ2v) is 9.95. The Bertz CT molecular complexity index is 1140. The molecule has 0 saturated carbocycles. The summed E-state index contributed by atoms with van der Waals surface area (Å²) in [6.45, 7) is 3.41. The van der Waals surface area contributed by atoms with Gasteiger partial charge in [-0.25, -0.2) is 4.79 Å². The molecule has 4 rings (SSSR count). The number of benzene rings is 1. The number of nitrogens with one attached hydrogen (secondary N) is 1. The van der Waals surface area contributed by atoms with Crippen LogP contribution in [0.5, 0.6) is 0 Å². The van der Waals surface area contributed by atoms with Gasteiger partial charge >= 0.3 is 5.69 Å². The van der Waals surface area contributed by atoms with Crippen molar-refractivity contribution in [2.45, 2.75) is 70.4 Å². The van der Waals surface area contributed by atoms with Gasteiger partial charge in [0.2, 0.25) is 17.7 Å². The minimum Gasteiger partial charge on any atom is -0.343 e. The Balaban J connectivity index is 1.35. The quantitative estimate of drug-likeness (QED) is 0.436. The van der Waals surface area contributed by atoms with Crippen molar-refractivity contribution in [3.63, 3.8) is 0 Å². The summed E-state index contributed by atoms with van der Waals surface area (Å²) in [6, 6.07) is 5.12. The molecule has 1 aromatic carbocycles. The van der Waals surface area contributed by atoms with Gasteiger partial charge in [0, 0.05) is 39.5 Å². The molecule has 1 atom stereocenters. The third-order valence-electron chi connectivity index (χ3n) is 7.29. The molecule has 35 heavy (non-hydrogen) atoms. The van der Waals surface area contributed by atoms with E-state index in [2.05, 4.69) is 17.3 Å². The minimum absolute atomic E-state index is 0.227. The highest BCUT2D eigenvalue weighted by Crippen LogP contribution is 2.25. The van der Waals surface area contributed by atoms with Gasteiger partial charge in [0.1, 0.15) is 6.04 Å². The van der Waals surface area contributed by atoms with Crippen LogP contribution in [-0.2, 0) is 28.0 Å². The lowest BCUT2D eigenvalue weighted by Crippen LogP contribution is -2.44. The number of likely N-dealkylation sites (tertiary alicyclic amines) is 1. The summed E-state index contributed by atoms with van der Waals surface area (Å²) < 4.78 is 3.13. The van der Waals surface area contributed by atoms with Crippen LogP contribution >= 0.6 is 0 Å². The summed E-state index contributed by atoms with van der Waals surface area (Å²) in [6.07, 6.45) is 7.63. The van der Waals surface area contributed by atoms with Gasteiger partial charge < -0.3 is 9.80 Å². The fourth-order valence-electron chi connectivity index (χ4n) is 5.38. The summed E-state index contributed by atoms with van der Waals surface area (Å²) in [5, 5.41) is 2.36. The molecular weight excluding hydrogens is 446 g/mol. The fourth-order valence-corrected chi connectivity index (χ4v) is 5.38. The van der Waals surface area contributed by atoms with Crippen molar-refractivity contribution in [2.24, 2.45) is 7.05 Å². The highest BCUT2D eigenvalue weighted by Gasteiger charge is 2.31. The van der Waals surface area contributed by atoms with Gasteiger partial charge in [-0.2, -0.15) is 0 Å². The number of aryl methyl sites for hydroxylation is 1. The maximum Gasteiger partial charge on any atom is 0.329 e. The number of rotatable bonds is 9. The molecule has 2 fully saturated rings. The van der Waals surface area contributed by atoms with Gasteiger partial charge in [0.25, 0.3) is 0 Å². The molecule has 3 heterocycles. The SMILES string of the molecule is CN(CCCCCC(=O)N1CCCCC1)Cc1cccc2c1n(C)c(=O)n2C1CCC(=O)NC1=O. The number of nitrogens with zero attached hydrogens (tertiary/aromatic N) is 4. The molecule has 1 unspecified atom stereocenters. The number of para-hydroxylation sites is 1. The monoisotopic (exact) mass is 483 g/mol. The highest BCUT2D eigenvalue weighted by atomic mass is 16.2. The Labute approximate surface area is 206 Å². The number of carbonyl (C=O) groups is 3. The molecule has 1 N–H and O–H groups in total. The number of unbranched alkanes of at least 4 members (excludes halogenated alkanes) is 2. The third kappa shape index (κ3) is 5.66. The van der Waals surface area contributed by atoms with Gasteiger partial charge in [-0.1, -0.05) is 18.6 Å². The van der Waals surface area contributed by atoms with Crippen molar-refractivity contribution in [1.29, 1.82) is 0 Å². The summed E-state index contributed by atoms with van der Waals surface area (Å²) in [7, 11) is 3.79. The number of fused-ring (bicyclic) bond motifs is 1. The second kappa shape index (κ2) is 11.2. The van der Waals surface area contributed by atoms with Crippen LogP contribution in [0.2, 0.25) is 0 Å². The third-order valence-corrected chi connectivity index (χ3v) is 7.29. The van der Waals surface area contributed by atoms with Crippen LogP contribution < -0.4 is 11.0 Å². The number of hydrogen-bond donors (Lipinski definition) is 1. The van der Waals surface area contributed by atoms with Gasteiger partial charge in [0.05, 0.1) is 11.0 Å². The second-order valence-electron chi connectivity index (χ2n) is 9.95. The van der Waals surface area contributed by atoms with Crippen LogP contribution in [0.3, 0.4) is 0 Å². The molecule has 2 saturated heterocycles. The highest BCUT2D eigenvalue weighted by molar-refractivity contribution is 6.00. The summed E-state index contributed by atoms with van der Waals surface area (Å²) in [5.41, 5.74) is 2.31. The Morgan fingerprint density at radius 3 is 2.60 bits per heavy atom. The molecule has 0 radical (unpaired) electrons. The Kier molecular flexibility index (Phi) is 8.05. The lowest BCUT2D eigenvalue weighted by atomic mass is 10.1. The maximum absolute atomic E-state index is 13.1. The fraction of sp³-hybridized carbons (Fsp3) is 0.615. The van der Waals surface area contributed by atoms with E-state index in [0.29, 0.717) is 30.8 Å². The molecule has 9 heteroatoms. The van der Waals surface area contributed by atoms with E-state index in [4.69, 9.17) is 0 Å². The van der Waals surface area contributed by atoms with Crippen LogP contribution in [0.1, 0.15) is 69.4 Å². The van der Waals surface area contributed by atoms with Gasteiger partial charge in [0.15, 0.2) is 0 Å². The summed E-state index contributed by atoms with van der Waals surface area (Å²) in [4.78, 5) is 53.7. The number of imidazole rings is 1. The molecule has 0 aliphatic carbocycles. The first-order chi connectivity index (χ1) is 16.9. The standard InChI is InChI=1S/C26H37N5O4/c1-28(15-6-3-5-12-23(33)30-16-7-4-8-17-30)18-19-10-9-11-20-24(19)29(2)26(35)31(20)21-13-14-22(32)27-25(21)34/h9-11,21H,3-8,12-18H2,1-2H3,(H,27,32,34). The predicted octanol–water partition coefficient (Wildman–Crippen LogP) is 2.32. The van der Waals surface area contributed by atoms with Crippen molar-refractivity contribution in [3.05, 3.63) is 34.2 Å². The van der Waals surface area contributed by atoms with Gasteiger partial charge in [-0.15, -0.1) is 0 Å². The van der Waals surface area contributed by atoms with Crippen LogP contribution in [0.4, 0.5) is 0 Å². The van der Waals surface area contributed by atoms with E-state index in [1.54, 1.807) is 11.6 Å². The summed E-state index contributed by atoms with van der Waals surface area (Å²) >= 11 is 0. The number of hydrogen-bond acceptors (Lipinski definition) is 5. The van der Waals surface area contributed by atoms with Crippen LogP contribution in [0, 0.1) is 0 Å². The van der Waals surface area contributed by atoms with Crippen molar-refractivity contribution in [3.8, 4) is 0 Å². The number of amides is 3. The smallest absolute Gasteiger partial charge is 0.329 e. The molecule has 2 aliphatic heterocycles. The summed E-state index contributed by atoms with van der Waals surface area (Å²) in [5.74, 6) is -0.416. The first-order valence-electron chi connectivity index (χ1n) is 12.9. The topological polar surface area (TPSA) is 96.7 Å². The van der Waals surface area contributed by atoms with Crippen molar-refractivity contribution >= 4 is 28.8 Å². The van der Waals surface area contributed by atoms with E-state index >= 15 is 0 Å². The minimum atomic E-state index is -0.676. The van der Waals surface area contributed by atoms with E-state index in [9.17, 15) is 19.2 Å². The van der Waals surface area contributed by atoms with E-state index in [1.165, 1.54) is 11.0 Å². The lowest BCUT2D eigenvalue weighted by Gasteiger charge is -2.26. The van der Waals surface area contributed by atoms with E-state index < -0.39 is 11.9 Å². The largest absolute Gasteiger partial charge is 0.343 e. The molecule has 2 aromatic rings. The number of carbonyl (C=O) groups excluding carboxylic acids is 3. The Hall–Kier alpha value is -2.94. The number of piperidine rings is 2. The molecule has 190 valence electrons. The van der Waals surface area contributed by atoms with Gasteiger partial charge in [-0.05, 0) is 63.7 Å². The van der Waals surface area contributed by atoms with Crippen LogP contribution in [0.15, 0.2) is 23.0 Å². The van der Waals surface area contributed by atoms with Crippen molar-refractivity contribution < 1.29 is 14.4 Å². The molecule has 2 aliphatic rings. The van der Waals surface area contributed by atoms with Gasteiger partial charge in [-0.3, -0.25) is 28.8 Å². The number of imide groups is 1. The van der Waals surface area contributed by atoms with E-state index in [1.807, 2.05) is 23.1 Å². The molecular formula is C26H37N5O4. The zero-order chi connectivity index (χ0) is 24.9. The molecule has 3 amide bonds. The zero-order valence-electron chi connectivity index (χ0n) is 20.9. The van der Waals surface area contributed by atoms with Crippen molar-refractivity contribution in [2.75, 3.05) is 26.7 Å². The van der Waals surface area contributed by atoms with E-state index in [-0.39, 0.29) is 18.0 Å². The van der Waals surface area contributed by atoms with Crippen LogP contribution in [-0.4, -0.2) is 63.3 Å². The van der Waals surface area contributed by atoms with E-state index in [0.717, 1.165) is 62.8 Å². The Morgan fingerprint density at radius 2 is 1.86 bits per heavy atom. The molecule has 0 bridgehead atoms. The molecule has 0 spiro atoms. The zero-order valence-corrected chi connectivity index (χ0v) is 20.9. The average Bonchev–Trinajstić information content (AvgIpc) is 3.10. The first kappa shape index (κ1) is 25.2. The normalized spacial score (nSPS) is 18.9. The Morgan fingerprint density at radius 1 is 1.09 bits per heavy atom. The van der Waals surface area contributed by atoms with Crippen molar-refractivity contribution in [1.82, 2.24) is 24.3 Å².